The zero-order valence-electron chi connectivity index (χ0n) is 10.1. The van der Waals surface area contributed by atoms with E-state index in [0.717, 1.165) is 24.4 Å². The third kappa shape index (κ3) is 2.03. The Morgan fingerprint density at radius 1 is 1.50 bits per heavy atom. The molecule has 2 aromatic heterocycles. The molecule has 0 aromatic carbocycles. The maximum atomic E-state index is 12.3. The molecule has 0 spiro atoms. The predicted octanol–water partition coefficient (Wildman–Crippen LogP) is 1.74. The molecule has 2 aromatic rings. The smallest absolute Gasteiger partial charge is 0.264 e. The zero-order chi connectivity index (χ0) is 12.5. The first-order chi connectivity index (χ1) is 8.74. The van der Waals surface area contributed by atoms with Crippen LogP contribution in [0.2, 0.25) is 0 Å². The molecule has 1 fully saturated rings. The molecule has 0 bridgehead atoms. The van der Waals surface area contributed by atoms with Crippen LogP contribution in [0.3, 0.4) is 0 Å². The lowest BCUT2D eigenvalue weighted by molar-refractivity contribution is 0.0791. The van der Waals surface area contributed by atoms with Crippen LogP contribution in [-0.2, 0) is 0 Å². The Balaban J connectivity index is 1.70. The summed E-state index contributed by atoms with van der Waals surface area (Å²) in [5.74, 6) is 0.135. The van der Waals surface area contributed by atoms with Gasteiger partial charge in [0.2, 0.25) is 0 Å². The fraction of sp³-hybridized carbons (Fsp3) is 0.417. The number of nitrogens with zero attached hydrogens (tertiary/aromatic N) is 4. The molecule has 0 N–H and O–H groups in total. The van der Waals surface area contributed by atoms with E-state index in [9.17, 15) is 4.79 Å². The van der Waals surface area contributed by atoms with Crippen molar-refractivity contribution in [2.24, 2.45) is 0 Å². The van der Waals surface area contributed by atoms with Gasteiger partial charge < -0.3 is 4.90 Å². The number of carbonyl (C=O) groups is 1. The molecule has 6 heteroatoms. The van der Waals surface area contributed by atoms with E-state index in [0.29, 0.717) is 0 Å². The van der Waals surface area contributed by atoms with Crippen molar-refractivity contribution < 1.29 is 4.79 Å². The van der Waals surface area contributed by atoms with Crippen LogP contribution in [-0.4, -0.2) is 38.9 Å². The van der Waals surface area contributed by atoms with Gasteiger partial charge in [-0.3, -0.25) is 4.79 Å². The number of amides is 1. The first-order valence-corrected chi connectivity index (χ1v) is 6.77. The van der Waals surface area contributed by atoms with Gasteiger partial charge in [0, 0.05) is 24.2 Å². The van der Waals surface area contributed by atoms with Crippen molar-refractivity contribution in [3.63, 3.8) is 0 Å². The second-order valence-electron chi connectivity index (χ2n) is 4.49. The van der Waals surface area contributed by atoms with Crippen molar-refractivity contribution in [2.75, 3.05) is 13.1 Å². The minimum Gasteiger partial charge on any atom is -0.336 e. The summed E-state index contributed by atoms with van der Waals surface area (Å²) in [5, 5.41) is 7.81. The first-order valence-electron chi connectivity index (χ1n) is 5.95. The van der Waals surface area contributed by atoms with Crippen molar-refractivity contribution in [1.82, 2.24) is 19.9 Å². The average Bonchev–Trinajstić information content (AvgIpc) is 3.09. The third-order valence-corrected chi connectivity index (χ3v) is 4.21. The molecule has 18 heavy (non-hydrogen) atoms. The number of rotatable bonds is 2. The van der Waals surface area contributed by atoms with Gasteiger partial charge in [-0.2, -0.15) is 0 Å². The molecule has 0 saturated carbocycles. The molecule has 3 rings (SSSR count). The molecule has 0 radical (unpaired) electrons. The number of aryl methyl sites for hydroxylation is 1. The van der Waals surface area contributed by atoms with Crippen LogP contribution in [0, 0.1) is 6.92 Å². The molecule has 94 valence electrons. The van der Waals surface area contributed by atoms with E-state index in [1.54, 1.807) is 17.5 Å². The van der Waals surface area contributed by atoms with Crippen molar-refractivity contribution >= 4 is 17.2 Å². The summed E-state index contributed by atoms with van der Waals surface area (Å²) in [4.78, 5) is 16.2. The highest BCUT2D eigenvalue weighted by molar-refractivity contribution is 7.13. The molecule has 0 unspecified atom stereocenters. The Morgan fingerprint density at radius 2 is 2.39 bits per heavy atom. The van der Waals surface area contributed by atoms with Crippen molar-refractivity contribution in [3.05, 3.63) is 34.3 Å². The maximum absolute atomic E-state index is 12.3. The highest BCUT2D eigenvalue weighted by Gasteiger charge is 2.28. The fourth-order valence-electron chi connectivity index (χ4n) is 2.26. The molecular formula is C12H14N4OS. The normalized spacial score (nSPS) is 19.4. The van der Waals surface area contributed by atoms with Crippen LogP contribution in [0.15, 0.2) is 24.5 Å². The van der Waals surface area contributed by atoms with Crippen LogP contribution >= 0.6 is 11.3 Å². The molecule has 1 atom stereocenters. The Bertz CT molecular complexity index is 548. The van der Waals surface area contributed by atoms with Gasteiger partial charge in [-0.15, -0.1) is 16.4 Å². The van der Waals surface area contributed by atoms with Crippen molar-refractivity contribution in [2.45, 2.75) is 19.4 Å². The second-order valence-corrected chi connectivity index (χ2v) is 5.77. The van der Waals surface area contributed by atoms with Gasteiger partial charge >= 0.3 is 0 Å². The summed E-state index contributed by atoms with van der Waals surface area (Å²) in [6.45, 7) is 3.53. The van der Waals surface area contributed by atoms with Gasteiger partial charge in [-0.05, 0) is 25.5 Å². The lowest BCUT2D eigenvalue weighted by Gasteiger charge is -2.15. The van der Waals surface area contributed by atoms with Gasteiger partial charge in [-0.25, -0.2) is 4.68 Å². The lowest BCUT2D eigenvalue weighted by atomic mass is 10.3. The molecular weight excluding hydrogens is 248 g/mol. The highest BCUT2D eigenvalue weighted by Crippen LogP contribution is 2.24. The quantitative estimate of drug-likeness (QED) is 0.828. The number of hydrogen-bond donors (Lipinski definition) is 0. The number of carbonyl (C=O) groups excluding carboxylic acids is 1. The monoisotopic (exact) mass is 262 g/mol. The number of likely N-dealkylation sites (tertiary alicyclic amines) is 1. The molecule has 1 aliphatic rings. The maximum Gasteiger partial charge on any atom is 0.264 e. The van der Waals surface area contributed by atoms with Gasteiger partial charge in [-0.1, -0.05) is 5.21 Å². The fourth-order valence-corrected chi connectivity index (χ4v) is 3.10. The Morgan fingerprint density at radius 3 is 3.06 bits per heavy atom. The highest BCUT2D eigenvalue weighted by atomic mass is 32.1. The Labute approximate surface area is 109 Å². The van der Waals surface area contributed by atoms with E-state index in [1.165, 1.54) is 4.88 Å². The number of aromatic nitrogens is 3. The summed E-state index contributed by atoms with van der Waals surface area (Å²) in [6.07, 6.45) is 4.47. The summed E-state index contributed by atoms with van der Waals surface area (Å²) < 4.78 is 1.84. The molecule has 1 amide bonds. The minimum absolute atomic E-state index is 0.135. The standard InChI is InChI=1S/C12H14N4OS/c1-9-2-3-11(18-9)12(17)15-6-4-10(8-15)16-7-5-13-14-16/h2-3,5,7,10H,4,6,8H2,1H3/t10-/m1/s1. The number of thiophene rings is 1. The summed E-state index contributed by atoms with van der Waals surface area (Å²) in [6, 6.07) is 4.16. The Hall–Kier alpha value is -1.69. The Kier molecular flexibility index (Phi) is 2.87. The van der Waals surface area contributed by atoms with E-state index in [-0.39, 0.29) is 11.9 Å². The molecule has 1 saturated heterocycles. The van der Waals surface area contributed by atoms with Crippen LogP contribution < -0.4 is 0 Å². The van der Waals surface area contributed by atoms with Crippen LogP contribution in [0.4, 0.5) is 0 Å². The molecule has 0 aliphatic carbocycles. The second kappa shape index (κ2) is 4.53. The molecule has 5 nitrogen and oxygen atoms in total. The largest absolute Gasteiger partial charge is 0.336 e. The van der Waals surface area contributed by atoms with Crippen LogP contribution in [0.5, 0.6) is 0 Å². The van der Waals surface area contributed by atoms with E-state index >= 15 is 0 Å². The van der Waals surface area contributed by atoms with E-state index in [1.807, 2.05) is 34.8 Å². The van der Waals surface area contributed by atoms with Crippen LogP contribution in [0.1, 0.15) is 27.0 Å². The summed E-state index contributed by atoms with van der Waals surface area (Å²) in [5.41, 5.74) is 0. The lowest BCUT2D eigenvalue weighted by Crippen LogP contribution is -2.28. The van der Waals surface area contributed by atoms with Gasteiger partial charge in [0.05, 0.1) is 17.1 Å². The van der Waals surface area contributed by atoms with E-state index < -0.39 is 0 Å². The predicted molar refractivity (Wildman–Crippen MR) is 68.6 cm³/mol. The number of hydrogen-bond acceptors (Lipinski definition) is 4. The van der Waals surface area contributed by atoms with E-state index in [4.69, 9.17) is 0 Å². The summed E-state index contributed by atoms with van der Waals surface area (Å²) >= 11 is 1.56. The van der Waals surface area contributed by atoms with Gasteiger partial charge in [0.15, 0.2) is 0 Å². The minimum atomic E-state index is 0.135. The first kappa shape index (κ1) is 11.4. The van der Waals surface area contributed by atoms with Crippen molar-refractivity contribution in [1.29, 1.82) is 0 Å². The topological polar surface area (TPSA) is 51.0 Å². The van der Waals surface area contributed by atoms with E-state index in [2.05, 4.69) is 10.3 Å². The SMILES string of the molecule is Cc1ccc(C(=O)N2CC[C@@H](n3ccnn3)C2)s1. The van der Waals surface area contributed by atoms with Gasteiger partial charge in [0.25, 0.3) is 5.91 Å². The average molecular weight is 262 g/mol. The van der Waals surface area contributed by atoms with Gasteiger partial charge in [0.1, 0.15) is 0 Å². The third-order valence-electron chi connectivity index (χ3n) is 3.22. The van der Waals surface area contributed by atoms with Crippen molar-refractivity contribution in [3.8, 4) is 0 Å². The van der Waals surface area contributed by atoms with Crippen LogP contribution in [0.25, 0.3) is 0 Å². The summed E-state index contributed by atoms with van der Waals surface area (Å²) in [7, 11) is 0. The zero-order valence-corrected chi connectivity index (χ0v) is 10.9. The molecule has 3 heterocycles. The molecule has 1 aliphatic heterocycles.